The molecule has 0 amide bonds. The van der Waals surface area contributed by atoms with Gasteiger partial charge in [0.15, 0.2) is 0 Å². The Morgan fingerprint density at radius 2 is 0.553 bits per heavy atom. The van der Waals surface area contributed by atoms with Crippen molar-refractivity contribution >= 4 is 161 Å². The highest BCUT2D eigenvalue weighted by atomic mass is 16.5. The minimum Gasteiger partial charge on any atom is -0.458 e. The Hall–Kier alpha value is -9.52. The molecule has 0 radical (unpaired) electrons. The van der Waals surface area contributed by atoms with Crippen LogP contribution in [0.5, 0.6) is 23.0 Å². The quantitative estimate of drug-likeness (QED) is 0.165. The second kappa shape index (κ2) is 14.2. The lowest BCUT2D eigenvalue weighted by Gasteiger charge is -2.51. The van der Waals surface area contributed by atoms with Crippen molar-refractivity contribution in [2.24, 2.45) is 0 Å². The van der Waals surface area contributed by atoms with E-state index < -0.39 is 0 Å². The first-order chi connectivity index (χ1) is 37.8. The molecule has 0 atom stereocenters. The van der Waals surface area contributed by atoms with E-state index in [0.717, 1.165) is 57.1 Å². The molecule has 11 aromatic rings. The predicted molar refractivity (Wildman–Crippen MR) is 317 cm³/mol. The monoisotopic (exact) mass is 962 g/mol. The molecule has 0 N–H and O–H groups in total. The summed E-state index contributed by atoms with van der Waals surface area (Å²) in [7, 11) is 0. The maximum atomic E-state index is 7.19. The fraction of sp³-hybridized carbons (Fsp3) is 0. The lowest BCUT2D eigenvalue weighted by molar-refractivity contribution is 0.487. The summed E-state index contributed by atoms with van der Waals surface area (Å²) >= 11 is 0. The normalized spacial score (nSPS) is 14.8. The Morgan fingerprint density at radius 1 is 0.224 bits per heavy atom. The van der Waals surface area contributed by atoms with Crippen molar-refractivity contribution in [3.05, 3.63) is 231 Å². The number of nitrogens with zero attached hydrogens (tertiary/aromatic N) is 4. The molecule has 0 spiro atoms. The van der Waals surface area contributed by atoms with Gasteiger partial charge in [-0.15, -0.1) is 0 Å². The van der Waals surface area contributed by atoms with Gasteiger partial charge in [-0.1, -0.05) is 152 Å². The standard InChI is InChI=1S/C66H38B4N4O2/c1-3-19-39(20-4-1)71-53-36-54-48(35-47(53)69-43-25-9-15-31-51(43)73-49-29-13-7-23-41(49)67-45-27-11-17-33-57(45)75-59-37-55(71)61(69)65(73)63(59)67)70-44-26-10-16-32-52(44)74-50-30-14-8-24-42(50)68-46-28-12-18-34-58(46)76-60-38-56(62(70)66(74)64(60)68)72(54)40-21-5-2-6-22-40/h1-38H. The molecule has 0 unspecified atom stereocenters. The zero-order chi connectivity index (χ0) is 49.1. The number of hydrogen-bond acceptors (Lipinski definition) is 6. The smallest absolute Gasteiger partial charge is 0.256 e. The van der Waals surface area contributed by atoms with Gasteiger partial charge in [-0.2, -0.15) is 0 Å². The number of para-hydroxylation sites is 8. The van der Waals surface area contributed by atoms with Crippen LogP contribution in [0.1, 0.15) is 0 Å². The van der Waals surface area contributed by atoms with Crippen molar-refractivity contribution in [2.45, 2.75) is 0 Å². The van der Waals surface area contributed by atoms with Gasteiger partial charge in [0.2, 0.25) is 0 Å². The first-order valence-corrected chi connectivity index (χ1v) is 26.6. The Bertz CT molecular complexity index is 4180. The number of benzene rings is 11. The molecule has 11 aromatic carbocycles. The molecule has 0 fully saturated rings. The van der Waals surface area contributed by atoms with E-state index in [9.17, 15) is 0 Å². The highest BCUT2D eigenvalue weighted by Crippen LogP contribution is 2.52. The minimum absolute atomic E-state index is 0.000790. The lowest BCUT2D eigenvalue weighted by Crippen LogP contribution is -2.69. The summed E-state index contributed by atoms with van der Waals surface area (Å²) in [6, 6.07) is 85.7. The van der Waals surface area contributed by atoms with Gasteiger partial charge in [0.1, 0.15) is 23.0 Å². The number of fused-ring (bicyclic) bond motifs is 20. The van der Waals surface area contributed by atoms with Crippen molar-refractivity contribution in [1.82, 2.24) is 0 Å². The highest BCUT2D eigenvalue weighted by Gasteiger charge is 2.54. The van der Waals surface area contributed by atoms with Crippen molar-refractivity contribution in [1.29, 1.82) is 0 Å². The molecule has 0 saturated carbocycles. The van der Waals surface area contributed by atoms with Gasteiger partial charge in [-0.3, -0.25) is 0 Å². The number of rotatable bonds is 2. The third-order valence-corrected chi connectivity index (χ3v) is 17.9. The molecule has 0 saturated heterocycles. The maximum absolute atomic E-state index is 7.19. The SMILES string of the molecule is c1ccc(N2c3cc4c(cc3B3c5ccccc5N5c6ccccc6B6c7ccccc7Oc7cc2c3c5c76)B2c3ccccc3N3c5ccccc5B5c6ccccc6Oc6cc(c2c3c65)N4c2ccccc2)cc1. The van der Waals surface area contributed by atoms with Gasteiger partial charge in [0.05, 0.1) is 0 Å². The van der Waals surface area contributed by atoms with Crippen LogP contribution in [0.15, 0.2) is 231 Å². The van der Waals surface area contributed by atoms with Crippen LogP contribution in [0.25, 0.3) is 0 Å². The molecular weight excluding hydrogens is 924 g/mol. The van der Waals surface area contributed by atoms with Crippen LogP contribution in [0.2, 0.25) is 0 Å². The Kier molecular flexibility index (Phi) is 7.46. The van der Waals surface area contributed by atoms with E-state index in [-0.39, 0.29) is 26.9 Å². The highest BCUT2D eigenvalue weighted by molar-refractivity contribution is 7.06. The predicted octanol–water partition coefficient (Wildman–Crippen LogP) is 7.72. The molecule has 8 aliphatic heterocycles. The minimum atomic E-state index is -0.101. The van der Waals surface area contributed by atoms with Gasteiger partial charge in [-0.25, -0.2) is 0 Å². The van der Waals surface area contributed by atoms with E-state index >= 15 is 0 Å². The third kappa shape index (κ3) is 4.81. The van der Waals surface area contributed by atoms with Crippen LogP contribution >= 0.6 is 0 Å². The topological polar surface area (TPSA) is 31.4 Å². The third-order valence-electron chi connectivity index (χ3n) is 17.9. The van der Waals surface area contributed by atoms with Gasteiger partial charge >= 0.3 is 0 Å². The summed E-state index contributed by atoms with van der Waals surface area (Å²) in [5.74, 6) is 3.63. The van der Waals surface area contributed by atoms with Crippen LogP contribution in [-0.2, 0) is 0 Å². The van der Waals surface area contributed by atoms with Crippen molar-refractivity contribution < 1.29 is 9.47 Å². The molecule has 10 heteroatoms. The van der Waals surface area contributed by atoms with Crippen LogP contribution in [0.4, 0.5) is 68.2 Å². The zero-order valence-corrected chi connectivity index (χ0v) is 40.9. The van der Waals surface area contributed by atoms with Gasteiger partial charge in [0, 0.05) is 80.4 Å². The van der Waals surface area contributed by atoms with E-state index in [1.54, 1.807) is 0 Å². The largest absolute Gasteiger partial charge is 0.458 e. The number of anilines is 12. The van der Waals surface area contributed by atoms with Gasteiger partial charge < -0.3 is 29.1 Å². The van der Waals surface area contributed by atoms with Gasteiger partial charge in [-0.05, 0) is 132 Å². The van der Waals surface area contributed by atoms with E-state index in [4.69, 9.17) is 9.47 Å². The fourth-order valence-corrected chi connectivity index (χ4v) is 15.2. The summed E-state index contributed by atoms with van der Waals surface area (Å²) in [6.07, 6.45) is 0. The maximum Gasteiger partial charge on any atom is 0.256 e. The average molecular weight is 962 g/mol. The fourth-order valence-electron chi connectivity index (χ4n) is 15.2. The van der Waals surface area contributed by atoms with E-state index in [0.29, 0.717) is 0 Å². The first kappa shape index (κ1) is 39.9. The van der Waals surface area contributed by atoms with Crippen molar-refractivity contribution in [3.63, 3.8) is 0 Å². The first-order valence-electron chi connectivity index (χ1n) is 26.6. The number of ether oxygens (including phenoxy) is 2. The van der Waals surface area contributed by atoms with Crippen LogP contribution in [-0.4, -0.2) is 26.9 Å². The summed E-state index contributed by atoms with van der Waals surface area (Å²) in [5, 5.41) is 0. The van der Waals surface area contributed by atoms with Crippen LogP contribution in [0, 0.1) is 0 Å². The van der Waals surface area contributed by atoms with Crippen molar-refractivity contribution in [2.75, 3.05) is 19.6 Å². The van der Waals surface area contributed by atoms with Crippen molar-refractivity contribution in [3.8, 4) is 23.0 Å². The second-order valence-electron chi connectivity index (χ2n) is 21.4. The molecule has 8 heterocycles. The van der Waals surface area contributed by atoms with Gasteiger partial charge in [0.25, 0.3) is 26.9 Å². The molecule has 346 valence electrons. The molecular formula is C66H38B4N4O2. The molecule has 0 aliphatic carbocycles. The Balaban J connectivity index is 0.949. The van der Waals surface area contributed by atoms with Crippen LogP contribution in [0.3, 0.4) is 0 Å². The van der Waals surface area contributed by atoms with E-state index in [1.807, 2.05) is 0 Å². The summed E-state index contributed by atoms with van der Waals surface area (Å²) in [4.78, 5) is 10.2. The van der Waals surface area contributed by atoms with E-state index in [1.165, 1.54) is 99.7 Å². The van der Waals surface area contributed by atoms with Crippen LogP contribution < -0.4 is 94.6 Å². The summed E-state index contributed by atoms with van der Waals surface area (Å²) < 4.78 is 14.4. The molecule has 0 bridgehead atoms. The summed E-state index contributed by atoms with van der Waals surface area (Å²) in [6.45, 7) is -0.203. The average Bonchev–Trinajstić information content (AvgIpc) is 3.62. The Morgan fingerprint density at radius 3 is 0.947 bits per heavy atom. The molecule has 8 aliphatic rings. The molecule has 0 aromatic heterocycles. The zero-order valence-electron chi connectivity index (χ0n) is 40.9. The number of hydrogen-bond donors (Lipinski definition) is 0. The molecule has 19 rings (SSSR count). The molecule has 6 nitrogen and oxygen atoms in total. The molecule has 76 heavy (non-hydrogen) atoms. The van der Waals surface area contributed by atoms with E-state index in [2.05, 4.69) is 250 Å². The summed E-state index contributed by atoms with van der Waals surface area (Å²) in [5.41, 5.74) is 29.3. The lowest BCUT2D eigenvalue weighted by atomic mass is 9.27. The Labute approximate surface area is 441 Å². The second-order valence-corrected chi connectivity index (χ2v) is 21.4.